The third-order valence-electron chi connectivity index (χ3n) is 4.78. The van der Waals surface area contributed by atoms with Crippen LogP contribution in [0.3, 0.4) is 0 Å². The number of benzene rings is 3. The average Bonchev–Trinajstić information content (AvgIpc) is 3.20. The van der Waals surface area contributed by atoms with Crippen LogP contribution in [-0.2, 0) is 4.79 Å². The molecule has 4 aromatic rings. The average molecular weight is 467 g/mol. The Hall–Kier alpha value is -3.16. The smallest absolute Gasteiger partial charge is 0.234 e. The van der Waals surface area contributed by atoms with Crippen molar-refractivity contribution < 1.29 is 9.18 Å². The van der Waals surface area contributed by atoms with E-state index in [0.717, 1.165) is 22.4 Å². The Morgan fingerprint density at radius 3 is 2.47 bits per heavy atom. The van der Waals surface area contributed by atoms with Crippen LogP contribution in [-0.4, -0.2) is 26.4 Å². The van der Waals surface area contributed by atoms with E-state index in [1.807, 2.05) is 60.9 Å². The number of halogens is 2. The first-order valence-corrected chi connectivity index (χ1v) is 11.2. The zero-order chi connectivity index (χ0) is 22.7. The molecule has 0 atom stereocenters. The summed E-state index contributed by atoms with van der Waals surface area (Å²) in [6.07, 6.45) is 0. The molecule has 0 aliphatic heterocycles. The number of aryl methyl sites for hydroxylation is 2. The first-order valence-electron chi connectivity index (χ1n) is 9.88. The van der Waals surface area contributed by atoms with Crippen molar-refractivity contribution in [3.8, 4) is 17.1 Å². The first-order chi connectivity index (χ1) is 15.4. The predicted molar refractivity (Wildman–Crippen MR) is 127 cm³/mol. The molecule has 0 saturated heterocycles. The number of carbonyl (C=O) groups is 1. The van der Waals surface area contributed by atoms with Gasteiger partial charge in [0.25, 0.3) is 0 Å². The number of thioether (sulfide) groups is 1. The Labute approximate surface area is 194 Å². The molecule has 0 aliphatic carbocycles. The number of nitrogens with one attached hydrogen (secondary N) is 1. The van der Waals surface area contributed by atoms with Gasteiger partial charge in [-0.05, 0) is 67.4 Å². The van der Waals surface area contributed by atoms with Crippen molar-refractivity contribution in [3.63, 3.8) is 0 Å². The lowest BCUT2D eigenvalue weighted by molar-refractivity contribution is -0.113. The van der Waals surface area contributed by atoms with Crippen LogP contribution in [0.25, 0.3) is 17.1 Å². The molecule has 0 unspecified atom stereocenters. The molecule has 0 spiro atoms. The van der Waals surface area contributed by atoms with Gasteiger partial charge in [0, 0.05) is 11.3 Å². The summed E-state index contributed by atoms with van der Waals surface area (Å²) in [5.41, 5.74) is 4.11. The van der Waals surface area contributed by atoms with Gasteiger partial charge in [0.05, 0.1) is 16.5 Å². The van der Waals surface area contributed by atoms with Crippen LogP contribution in [0, 0.1) is 19.7 Å². The summed E-state index contributed by atoms with van der Waals surface area (Å²) >= 11 is 7.57. The fourth-order valence-electron chi connectivity index (χ4n) is 3.34. The number of rotatable bonds is 6. The number of anilines is 1. The summed E-state index contributed by atoms with van der Waals surface area (Å²) in [4.78, 5) is 12.6. The van der Waals surface area contributed by atoms with E-state index in [4.69, 9.17) is 11.6 Å². The molecule has 0 aliphatic rings. The second kappa shape index (κ2) is 9.54. The molecule has 4 rings (SSSR count). The van der Waals surface area contributed by atoms with Gasteiger partial charge in [-0.15, -0.1) is 10.2 Å². The minimum atomic E-state index is -0.323. The summed E-state index contributed by atoms with van der Waals surface area (Å²) in [5, 5.41) is 12.6. The Kier molecular flexibility index (Phi) is 6.58. The fourth-order valence-corrected chi connectivity index (χ4v) is 4.46. The Balaban J connectivity index is 1.59. The third-order valence-corrected chi connectivity index (χ3v) is 6.01. The van der Waals surface area contributed by atoms with Gasteiger partial charge in [-0.1, -0.05) is 47.6 Å². The van der Waals surface area contributed by atoms with E-state index in [2.05, 4.69) is 15.5 Å². The molecule has 1 N–H and O–H groups in total. The summed E-state index contributed by atoms with van der Waals surface area (Å²) in [6.45, 7) is 3.86. The van der Waals surface area contributed by atoms with Crippen molar-refractivity contribution in [1.82, 2.24) is 14.8 Å². The van der Waals surface area contributed by atoms with Crippen LogP contribution in [0.2, 0.25) is 5.02 Å². The lowest BCUT2D eigenvalue weighted by Crippen LogP contribution is -2.16. The summed E-state index contributed by atoms with van der Waals surface area (Å²) in [5.74, 6) is 0.167. The number of aromatic nitrogens is 3. The maximum absolute atomic E-state index is 13.4. The van der Waals surface area contributed by atoms with Gasteiger partial charge in [0.2, 0.25) is 5.91 Å². The minimum absolute atomic E-state index is 0.123. The molecule has 8 heteroatoms. The molecule has 32 heavy (non-hydrogen) atoms. The van der Waals surface area contributed by atoms with Gasteiger partial charge in [-0.2, -0.15) is 0 Å². The molecule has 1 heterocycles. The fraction of sp³-hybridized carbons (Fsp3) is 0.125. The molecule has 1 amide bonds. The first kappa shape index (κ1) is 22.0. The Bertz CT molecular complexity index is 1240. The van der Waals surface area contributed by atoms with Gasteiger partial charge in [-0.25, -0.2) is 4.39 Å². The van der Waals surface area contributed by atoms with Crippen LogP contribution < -0.4 is 5.32 Å². The summed E-state index contributed by atoms with van der Waals surface area (Å²) in [6, 6.07) is 19.4. The maximum Gasteiger partial charge on any atom is 0.234 e. The molecule has 5 nitrogen and oxygen atoms in total. The highest BCUT2D eigenvalue weighted by atomic mass is 35.5. The number of nitrogens with zero attached hydrogens (tertiary/aromatic N) is 3. The number of amides is 1. The van der Waals surface area contributed by atoms with Crippen molar-refractivity contribution in [1.29, 1.82) is 0 Å². The van der Waals surface area contributed by atoms with E-state index in [-0.39, 0.29) is 17.5 Å². The third kappa shape index (κ3) is 4.84. The molecule has 0 radical (unpaired) electrons. The molecule has 162 valence electrons. The minimum Gasteiger partial charge on any atom is -0.324 e. The van der Waals surface area contributed by atoms with Crippen LogP contribution in [0.1, 0.15) is 11.1 Å². The Morgan fingerprint density at radius 2 is 1.78 bits per heavy atom. The van der Waals surface area contributed by atoms with Gasteiger partial charge >= 0.3 is 0 Å². The molecular weight excluding hydrogens is 447 g/mol. The molecule has 0 saturated carbocycles. The second-order valence-corrected chi connectivity index (χ2v) is 8.61. The molecular formula is C24H20ClFN4OS. The number of carbonyl (C=O) groups excluding carboxylic acids is 1. The quantitative estimate of drug-likeness (QED) is 0.350. The van der Waals surface area contributed by atoms with Gasteiger partial charge in [0.15, 0.2) is 11.0 Å². The number of para-hydroxylation sites is 1. The summed E-state index contributed by atoms with van der Waals surface area (Å²) < 4.78 is 15.3. The van der Waals surface area contributed by atoms with E-state index in [1.165, 1.54) is 23.9 Å². The molecule has 3 aromatic carbocycles. The van der Waals surface area contributed by atoms with E-state index >= 15 is 0 Å². The van der Waals surface area contributed by atoms with E-state index in [1.54, 1.807) is 12.1 Å². The lowest BCUT2D eigenvalue weighted by atomic mass is 10.1. The highest BCUT2D eigenvalue weighted by molar-refractivity contribution is 7.99. The lowest BCUT2D eigenvalue weighted by Gasteiger charge is -2.12. The van der Waals surface area contributed by atoms with Crippen molar-refractivity contribution in [2.45, 2.75) is 19.0 Å². The van der Waals surface area contributed by atoms with Gasteiger partial charge in [0.1, 0.15) is 5.82 Å². The van der Waals surface area contributed by atoms with Crippen LogP contribution in [0.5, 0.6) is 0 Å². The summed E-state index contributed by atoms with van der Waals surface area (Å²) in [7, 11) is 0. The zero-order valence-electron chi connectivity index (χ0n) is 17.5. The van der Waals surface area contributed by atoms with Crippen molar-refractivity contribution in [2.24, 2.45) is 0 Å². The zero-order valence-corrected chi connectivity index (χ0v) is 19.0. The monoisotopic (exact) mass is 466 g/mol. The predicted octanol–water partition coefficient (Wildman–Crippen LogP) is 6.07. The normalized spacial score (nSPS) is 10.9. The highest BCUT2D eigenvalue weighted by Gasteiger charge is 2.18. The van der Waals surface area contributed by atoms with Crippen molar-refractivity contribution in [2.75, 3.05) is 11.1 Å². The van der Waals surface area contributed by atoms with Crippen LogP contribution in [0.4, 0.5) is 10.1 Å². The van der Waals surface area contributed by atoms with Crippen molar-refractivity contribution >= 4 is 35.0 Å². The topological polar surface area (TPSA) is 59.8 Å². The largest absolute Gasteiger partial charge is 0.324 e. The van der Waals surface area contributed by atoms with Crippen LogP contribution in [0.15, 0.2) is 71.9 Å². The second-order valence-electron chi connectivity index (χ2n) is 7.26. The maximum atomic E-state index is 13.4. The standard InChI is InChI=1S/C24H20ClFN4OS/c1-15-12-16(2)22(20(25)13-15)27-21(31)14-32-24-29-28-23(17-8-10-18(26)11-9-17)30(24)19-6-4-3-5-7-19/h3-13H,14H2,1-2H3,(H,27,31). The molecule has 1 aromatic heterocycles. The van der Waals surface area contributed by atoms with Crippen molar-refractivity contribution in [3.05, 3.63) is 88.7 Å². The molecule has 0 bridgehead atoms. The van der Waals surface area contributed by atoms with Crippen LogP contribution >= 0.6 is 23.4 Å². The highest BCUT2D eigenvalue weighted by Crippen LogP contribution is 2.30. The SMILES string of the molecule is Cc1cc(C)c(NC(=O)CSc2nnc(-c3ccc(F)cc3)n2-c2ccccc2)c(Cl)c1. The number of hydrogen-bond acceptors (Lipinski definition) is 4. The number of hydrogen-bond donors (Lipinski definition) is 1. The molecule has 0 fully saturated rings. The van der Waals surface area contributed by atoms with E-state index < -0.39 is 0 Å². The van der Waals surface area contributed by atoms with Gasteiger partial charge < -0.3 is 5.32 Å². The van der Waals surface area contributed by atoms with E-state index in [0.29, 0.717) is 21.7 Å². The van der Waals surface area contributed by atoms with Gasteiger partial charge in [-0.3, -0.25) is 9.36 Å². The van der Waals surface area contributed by atoms with E-state index in [9.17, 15) is 9.18 Å². The Morgan fingerprint density at radius 1 is 1.06 bits per heavy atom.